The molecule has 0 spiro atoms. The van der Waals surface area contributed by atoms with Gasteiger partial charge in [-0.25, -0.2) is 0 Å². The molecule has 1 heterocycles. The lowest BCUT2D eigenvalue weighted by atomic mass is 10.1. The Kier molecular flexibility index (Phi) is 6.11. The van der Waals surface area contributed by atoms with Gasteiger partial charge in [-0.05, 0) is 59.0 Å². The minimum atomic E-state index is -0.122. The Morgan fingerprint density at radius 3 is 2.23 bits per heavy atom. The largest absolute Gasteiger partial charge is 0.497 e. The van der Waals surface area contributed by atoms with Gasteiger partial charge in [-0.1, -0.05) is 42.5 Å². The second-order valence-electron chi connectivity index (χ2n) is 6.68. The second-order valence-corrected chi connectivity index (χ2v) is 7.59. The number of ether oxygens (including phenoxy) is 2. The van der Waals surface area contributed by atoms with Crippen LogP contribution in [0.2, 0.25) is 0 Å². The van der Waals surface area contributed by atoms with Crippen LogP contribution in [-0.4, -0.2) is 13.0 Å². The fraction of sp³-hybridized carbons (Fsp3) is 0.0800. The van der Waals surface area contributed by atoms with Gasteiger partial charge in [0.2, 0.25) is 0 Å². The van der Waals surface area contributed by atoms with Crippen molar-refractivity contribution < 1.29 is 14.3 Å². The van der Waals surface area contributed by atoms with E-state index in [1.54, 1.807) is 7.11 Å². The molecule has 4 nitrogen and oxygen atoms in total. The summed E-state index contributed by atoms with van der Waals surface area (Å²) >= 11 is 1.41. The Balaban J connectivity index is 1.34. The molecule has 1 N–H and O–H groups in total. The molecular weight excluding hydrogens is 394 g/mol. The summed E-state index contributed by atoms with van der Waals surface area (Å²) in [4.78, 5) is 13.2. The van der Waals surface area contributed by atoms with E-state index in [0.29, 0.717) is 11.5 Å². The van der Waals surface area contributed by atoms with Gasteiger partial charge in [0.1, 0.15) is 18.1 Å². The van der Waals surface area contributed by atoms with E-state index in [1.165, 1.54) is 11.3 Å². The van der Waals surface area contributed by atoms with Crippen molar-refractivity contribution in [3.05, 3.63) is 101 Å². The van der Waals surface area contributed by atoms with Gasteiger partial charge in [0.15, 0.2) is 0 Å². The maximum absolute atomic E-state index is 12.6. The number of rotatable bonds is 7. The Hall–Kier alpha value is -3.57. The van der Waals surface area contributed by atoms with Gasteiger partial charge < -0.3 is 14.8 Å². The molecule has 0 atom stereocenters. The average molecular weight is 416 g/mol. The maximum Gasteiger partial charge on any atom is 0.265 e. The molecule has 4 aromatic rings. The van der Waals surface area contributed by atoms with Crippen LogP contribution in [-0.2, 0) is 6.61 Å². The van der Waals surface area contributed by atoms with Crippen LogP contribution < -0.4 is 14.8 Å². The first kappa shape index (κ1) is 19.7. The molecule has 3 aromatic carbocycles. The fourth-order valence-electron chi connectivity index (χ4n) is 2.98. The van der Waals surface area contributed by atoms with Crippen LogP contribution in [0.3, 0.4) is 0 Å². The zero-order valence-corrected chi connectivity index (χ0v) is 17.3. The van der Waals surface area contributed by atoms with Crippen molar-refractivity contribution in [1.29, 1.82) is 0 Å². The smallest absolute Gasteiger partial charge is 0.265 e. The zero-order chi connectivity index (χ0) is 20.8. The fourth-order valence-corrected chi connectivity index (χ4v) is 3.77. The average Bonchev–Trinajstić information content (AvgIpc) is 3.28. The highest BCUT2D eigenvalue weighted by molar-refractivity contribution is 7.12. The number of amides is 1. The lowest BCUT2D eigenvalue weighted by molar-refractivity contribution is 0.103. The minimum Gasteiger partial charge on any atom is -0.497 e. The van der Waals surface area contributed by atoms with Gasteiger partial charge in [-0.15, -0.1) is 11.3 Å². The van der Waals surface area contributed by atoms with Gasteiger partial charge in [-0.2, -0.15) is 0 Å². The second kappa shape index (κ2) is 9.29. The molecule has 0 radical (unpaired) electrons. The topological polar surface area (TPSA) is 47.6 Å². The third-order valence-electron chi connectivity index (χ3n) is 4.59. The summed E-state index contributed by atoms with van der Waals surface area (Å²) in [6.07, 6.45) is 0. The third kappa shape index (κ3) is 4.88. The highest BCUT2D eigenvalue weighted by Crippen LogP contribution is 2.23. The number of nitrogens with one attached hydrogen (secondary N) is 1. The minimum absolute atomic E-state index is 0.122. The van der Waals surface area contributed by atoms with Gasteiger partial charge in [0.25, 0.3) is 5.91 Å². The standard InChI is InChI=1S/C25H21NO3S/c1-28-22-11-13-23(14-12-22)29-16-18-15-24(30-17-18)25(27)26-21-9-7-20(8-10-21)19-5-3-2-4-6-19/h2-15,17H,16H2,1H3,(H,26,27). The molecule has 0 bridgehead atoms. The first-order valence-electron chi connectivity index (χ1n) is 9.52. The van der Waals surface area contributed by atoms with Gasteiger partial charge in [0.05, 0.1) is 12.0 Å². The molecule has 0 fully saturated rings. The van der Waals surface area contributed by atoms with Crippen LogP contribution in [0.1, 0.15) is 15.2 Å². The summed E-state index contributed by atoms with van der Waals surface area (Å²) in [6, 6.07) is 27.3. The van der Waals surface area contributed by atoms with E-state index in [2.05, 4.69) is 17.4 Å². The molecule has 150 valence electrons. The third-order valence-corrected chi connectivity index (χ3v) is 5.57. The van der Waals surface area contributed by atoms with E-state index in [-0.39, 0.29) is 5.91 Å². The van der Waals surface area contributed by atoms with Crippen LogP contribution in [0.5, 0.6) is 11.5 Å². The molecule has 0 aliphatic carbocycles. The highest BCUT2D eigenvalue weighted by atomic mass is 32.1. The molecule has 0 unspecified atom stereocenters. The molecule has 0 aliphatic heterocycles. The normalized spacial score (nSPS) is 10.4. The van der Waals surface area contributed by atoms with E-state index < -0.39 is 0 Å². The van der Waals surface area contributed by atoms with Crippen LogP contribution in [0.15, 0.2) is 90.3 Å². The number of methoxy groups -OCH3 is 1. The first-order chi connectivity index (χ1) is 14.7. The van der Waals surface area contributed by atoms with Crippen molar-refractivity contribution in [2.24, 2.45) is 0 Å². The van der Waals surface area contributed by atoms with Crippen LogP contribution >= 0.6 is 11.3 Å². The number of carbonyl (C=O) groups is 1. The molecule has 0 aliphatic rings. The van der Waals surface area contributed by atoms with E-state index in [4.69, 9.17) is 9.47 Å². The Morgan fingerprint density at radius 1 is 0.867 bits per heavy atom. The molecular formula is C25H21NO3S. The molecule has 5 heteroatoms. The quantitative estimate of drug-likeness (QED) is 0.388. The van der Waals surface area contributed by atoms with Crippen molar-refractivity contribution in [1.82, 2.24) is 0 Å². The van der Waals surface area contributed by atoms with E-state index >= 15 is 0 Å². The molecule has 4 rings (SSSR count). The molecule has 1 amide bonds. The Morgan fingerprint density at radius 2 is 1.53 bits per heavy atom. The predicted octanol–water partition coefficient (Wildman–Crippen LogP) is 6.26. The lowest BCUT2D eigenvalue weighted by Crippen LogP contribution is -2.10. The SMILES string of the molecule is COc1ccc(OCc2csc(C(=O)Nc3ccc(-c4ccccc4)cc3)c2)cc1. The number of hydrogen-bond acceptors (Lipinski definition) is 4. The molecule has 1 aromatic heterocycles. The van der Waals surface area contributed by atoms with Crippen molar-refractivity contribution in [2.45, 2.75) is 6.61 Å². The zero-order valence-electron chi connectivity index (χ0n) is 16.5. The summed E-state index contributed by atoms with van der Waals surface area (Å²) in [5.74, 6) is 1.42. The van der Waals surface area contributed by atoms with Crippen LogP contribution in [0, 0.1) is 0 Å². The van der Waals surface area contributed by atoms with Gasteiger partial charge in [-0.3, -0.25) is 4.79 Å². The Labute approximate surface area is 179 Å². The Bertz CT molecular complexity index is 1100. The van der Waals surface area contributed by atoms with Crippen molar-refractivity contribution in [3.63, 3.8) is 0 Å². The van der Waals surface area contributed by atoms with Gasteiger partial charge in [0, 0.05) is 11.3 Å². The molecule has 30 heavy (non-hydrogen) atoms. The number of anilines is 1. The maximum atomic E-state index is 12.6. The summed E-state index contributed by atoms with van der Waals surface area (Å²) in [5, 5.41) is 4.89. The van der Waals surface area contributed by atoms with Crippen molar-refractivity contribution >= 4 is 22.9 Å². The van der Waals surface area contributed by atoms with E-state index in [0.717, 1.165) is 33.9 Å². The number of carbonyl (C=O) groups excluding carboxylic acids is 1. The van der Waals surface area contributed by atoms with Crippen LogP contribution in [0.25, 0.3) is 11.1 Å². The summed E-state index contributed by atoms with van der Waals surface area (Å²) in [7, 11) is 1.63. The monoisotopic (exact) mass is 415 g/mol. The van der Waals surface area contributed by atoms with Crippen molar-refractivity contribution in [3.8, 4) is 22.6 Å². The lowest BCUT2D eigenvalue weighted by Gasteiger charge is -2.06. The van der Waals surface area contributed by atoms with E-state index in [1.807, 2.05) is 78.2 Å². The van der Waals surface area contributed by atoms with Crippen molar-refractivity contribution in [2.75, 3.05) is 12.4 Å². The summed E-state index contributed by atoms with van der Waals surface area (Å²) in [5.41, 5.74) is 3.99. The first-order valence-corrected chi connectivity index (χ1v) is 10.4. The van der Waals surface area contributed by atoms with Gasteiger partial charge >= 0.3 is 0 Å². The predicted molar refractivity (Wildman–Crippen MR) is 121 cm³/mol. The molecule has 0 saturated heterocycles. The number of benzene rings is 3. The number of hydrogen-bond donors (Lipinski definition) is 1. The van der Waals surface area contributed by atoms with Crippen LogP contribution in [0.4, 0.5) is 5.69 Å². The number of thiophene rings is 1. The summed E-state index contributed by atoms with van der Waals surface area (Å²) < 4.78 is 10.9. The summed E-state index contributed by atoms with van der Waals surface area (Å²) in [6.45, 7) is 0.405. The highest BCUT2D eigenvalue weighted by Gasteiger charge is 2.10. The van der Waals surface area contributed by atoms with E-state index in [9.17, 15) is 4.79 Å². The molecule has 0 saturated carbocycles.